The molecule has 44 heavy (non-hydrogen) atoms. The van der Waals surface area contributed by atoms with E-state index in [9.17, 15) is 9.59 Å². The van der Waals surface area contributed by atoms with E-state index >= 15 is 0 Å². The van der Waals surface area contributed by atoms with Gasteiger partial charge in [0.25, 0.3) is 5.91 Å². The van der Waals surface area contributed by atoms with Crippen molar-refractivity contribution in [1.29, 1.82) is 0 Å². The summed E-state index contributed by atoms with van der Waals surface area (Å²) in [6.45, 7) is 2.71. The third-order valence-electron chi connectivity index (χ3n) is 8.28. The molecule has 7 heteroatoms. The summed E-state index contributed by atoms with van der Waals surface area (Å²) < 4.78 is 11.9. The van der Waals surface area contributed by atoms with Crippen LogP contribution in [-0.4, -0.2) is 25.2 Å². The molecule has 1 aliphatic heterocycles. The van der Waals surface area contributed by atoms with E-state index in [1.165, 1.54) is 22.3 Å². The standard InChI is InChI=1S/C37H29ClN2O4/c1-23-10-14-27(21-35(23)44-28-15-12-26(38)13-16-28)39-36(41)25-11-17-34-24(20-25)18-19-40(34)37(42)43-22-33-31-8-4-2-6-29(31)30-7-3-5-9-32(30)33/h2-17,20-21,33H,18-19,22H2,1H3,(H,39,41). The molecule has 0 saturated heterocycles. The van der Waals surface area contributed by atoms with Gasteiger partial charge in [0.1, 0.15) is 18.1 Å². The Morgan fingerprint density at radius 3 is 2.30 bits per heavy atom. The molecular weight excluding hydrogens is 572 g/mol. The third kappa shape index (κ3) is 5.29. The molecule has 5 aromatic carbocycles. The van der Waals surface area contributed by atoms with Crippen LogP contribution in [0.5, 0.6) is 11.5 Å². The summed E-state index contributed by atoms with van der Waals surface area (Å²) >= 11 is 5.99. The molecule has 1 aliphatic carbocycles. The Balaban J connectivity index is 1.02. The molecule has 2 aliphatic rings. The molecule has 0 atom stereocenters. The second kappa shape index (κ2) is 11.5. The van der Waals surface area contributed by atoms with E-state index in [-0.39, 0.29) is 24.5 Å². The van der Waals surface area contributed by atoms with Gasteiger partial charge in [-0.05, 0) is 95.3 Å². The average molecular weight is 601 g/mol. The molecule has 5 aromatic rings. The summed E-state index contributed by atoms with van der Waals surface area (Å²) in [6, 6.07) is 34.6. The molecule has 0 aromatic heterocycles. The SMILES string of the molecule is Cc1ccc(NC(=O)c2ccc3c(c2)CCN3C(=O)OCC2c3ccccc3-c3ccccc32)cc1Oc1ccc(Cl)cc1. The molecule has 0 bridgehead atoms. The van der Waals surface area contributed by atoms with E-state index in [1.807, 2.05) is 55.5 Å². The Hall–Kier alpha value is -5.07. The lowest BCUT2D eigenvalue weighted by atomic mass is 9.98. The number of nitrogens with zero attached hydrogens (tertiary/aromatic N) is 1. The number of benzene rings is 5. The van der Waals surface area contributed by atoms with Gasteiger partial charge < -0.3 is 14.8 Å². The van der Waals surface area contributed by atoms with E-state index in [1.54, 1.807) is 41.3 Å². The van der Waals surface area contributed by atoms with E-state index < -0.39 is 0 Å². The van der Waals surface area contributed by atoms with Crippen LogP contribution >= 0.6 is 11.6 Å². The lowest BCUT2D eigenvalue weighted by molar-refractivity contribution is 0.102. The van der Waals surface area contributed by atoms with Crippen molar-refractivity contribution in [3.05, 3.63) is 142 Å². The summed E-state index contributed by atoms with van der Waals surface area (Å²) in [4.78, 5) is 28.1. The first-order valence-corrected chi connectivity index (χ1v) is 14.9. The van der Waals surface area contributed by atoms with Crippen LogP contribution in [0, 0.1) is 6.92 Å². The van der Waals surface area contributed by atoms with Crippen LogP contribution < -0.4 is 15.0 Å². The second-order valence-electron chi connectivity index (χ2n) is 11.0. The molecule has 0 fully saturated rings. The molecule has 0 unspecified atom stereocenters. The van der Waals surface area contributed by atoms with Gasteiger partial charge in [-0.15, -0.1) is 0 Å². The number of carbonyl (C=O) groups is 2. The first kappa shape index (κ1) is 27.7. The predicted octanol–water partition coefficient (Wildman–Crippen LogP) is 9.00. The molecule has 0 saturated carbocycles. The van der Waals surface area contributed by atoms with Crippen molar-refractivity contribution < 1.29 is 19.1 Å². The van der Waals surface area contributed by atoms with Crippen molar-refractivity contribution in [2.75, 3.05) is 23.4 Å². The lowest BCUT2D eigenvalue weighted by Crippen LogP contribution is -2.30. The monoisotopic (exact) mass is 600 g/mol. The highest BCUT2D eigenvalue weighted by Crippen LogP contribution is 2.44. The molecule has 1 heterocycles. The predicted molar refractivity (Wildman–Crippen MR) is 173 cm³/mol. The van der Waals surface area contributed by atoms with Crippen LogP contribution in [0.15, 0.2) is 109 Å². The highest BCUT2D eigenvalue weighted by atomic mass is 35.5. The fourth-order valence-electron chi connectivity index (χ4n) is 6.03. The number of aryl methyl sites for hydroxylation is 1. The number of nitrogens with one attached hydrogen (secondary N) is 1. The Labute approximate surface area is 260 Å². The Bertz CT molecular complexity index is 1860. The van der Waals surface area contributed by atoms with Gasteiger partial charge in [-0.1, -0.05) is 66.2 Å². The van der Waals surface area contributed by atoms with E-state index in [0.717, 1.165) is 16.8 Å². The number of fused-ring (bicyclic) bond motifs is 4. The highest BCUT2D eigenvalue weighted by Gasteiger charge is 2.31. The van der Waals surface area contributed by atoms with Gasteiger partial charge in [0.2, 0.25) is 0 Å². The van der Waals surface area contributed by atoms with Gasteiger partial charge in [0.05, 0.1) is 5.69 Å². The quantitative estimate of drug-likeness (QED) is 0.211. The van der Waals surface area contributed by atoms with Crippen LogP contribution in [0.25, 0.3) is 11.1 Å². The van der Waals surface area contributed by atoms with Crippen LogP contribution in [0.3, 0.4) is 0 Å². The van der Waals surface area contributed by atoms with Gasteiger partial charge >= 0.3 is 6.09 Å². The highest BCUT2D eigenvalue weighted by molar-refractivity contribution is 6.30. The zero-order chi connectivity index (χ0) is 30.2. The van der Waals surface area contributed by atoms with E-state index in [4.69, 9.17) is 21.1 Å². The minimum Gasteiger partial charge on any atom is -0.457 e. The topological polar surface area (TPSA) is 67.9 Å². The molecule has 0 radical (unpaired) electrons. The normalized spacial score (nSPS) is 13.2. The zero-order valence-corrected chi connectivity index (χ0v) is 24.8. The Morgan fingerprint density at radius 1 is 0.864 bits per heavy atom. The maximum atomic E-state index is 13.3. The summed E-state index contributed by atoms with van der Waals surface area (Å²) in [7, 11) is 0. The van der Waals surface area contributed by atoms with E-state index in [0.29, 0.717) is 40.7 Å². The van der Waals surface area contributed by atoms with Gasteiger partial charge in [0, 0.05) is 34.8 Å². The fourth-order valence-corrected chi connectivity index (χ4v) is 6.15. The van der Waals surface area contributed by atoms with Gasteiger partial charge in [-0.25, -0.2) is 4.79 Å². The van der Waals surface area contributed by atoms with Crippen LogP contribution in [0.1, 0.15) is 38.5 Å². The second-order valence-corrected chi connectivity index (χ2v) is 11.5. The number of amides is 2. The van der Waals surface area contributed by atoms with Crippen molar-refractivity contribution in [1.82, 2.24) is 0 Å². The summed E-state index contributed by atoms with van der Waals surface area (Å²) in [6.07, 6.45) is 0.264. The molecule has 6 nitrogen and oxygen atoms in total. The summed E-state index contributed by atoms with van der Waals surface area (Å²) in [5.41, 5.74) is 8.50. The maximum Gasteiger partial charge on any atom is 0.414 e. The number of ether oxygens (including phenoxy) is 2. The van der Waals surface area contributed by atoms with Crippen molar-refractivity contribution in [3.63, 3.8) is 0 Å². The number of hydrogen-bond acceptors (Lipinski definition) is 4. The van der Waals surface area contributed by atoms with Gasteiger partial charge in [-0.3, -0.25) is 9.69 Å². The largest absolute Gasteiger partial charge is 0.457 e. The molecule has 2 amide bonds. The smallest absolute Gasteiger partial charge is 0.414 e. The minimum absolute atomic E-state index is 0.00150. The van der Waals surface area contributed by atoms with Crippen LogP contribution in [-0.2, 0) is 11.2 Å². The molecule has 218 valence electrons. The van der Waals surface area contributed by atoms with Crippen molar-refractivity contribution in [2.45, 2.75) is 19.3 Å². The van der Waals surface area contributed by atoms with Gasteiger partial charge in [-0.2, -0.15) is 0 Å². The van der Waals surface area contributed by atoms with Crippen molar-refractivity contribution in [3.8, 4) is 22.6 Å². The summed E-state index contributed by atoms with van der Waals surface area (Å²) in [5.74, 6) is 1.05. The fraction of sp³-hybridized carbons (Fsp3) is 0.135. The zero-order valence-electron chi connectivity index (χ0n) is 24.0. The van der Waals surface area contributed by atoms with Gasteiger partial charge in [0.15, 0.2) is 0 Å². The third-order valence-corrected chi connectivity index (χ3v) is 8.53. The minimum atomic E-state index is -0.379. The number of carbonyl (C=O) groups excluding carboxylic acids is 2. The molecule has 7 rings (SSSR count). The average Bonchev–Trinajstić information content (AvgIpc) is 3.61. The van der Waals surface area contributed by atoms with E-state index in [2.05, 4.69) is 29.6 Å². The number of rotatable bonds is 6. The van der Waals surface area contributed by atoms with Crippen LogP contribution in [0.2, 0.25) is 5.02 Å². The molecule has 1 N–H and O–H groups in total. The number of anilines is 2. The summed E-state index contributed by atoms with van der Waals surface area (Å²) in [5, 5.41) is 3.60. The van der Waals surface area contributed by atoms with Crippen molar-refractivity contribution in [2.24, 2.45) is 0 Å². The molecular formula is C37H29ClN2O4. The van der Waals surface area contributed by atoms with Crippen molar-refractivity contribution >= 4 is 35.0 Å². The molecule has 0 spiro atoms. The Morgan fingerprint density at radius 2 is 1.57 bits per heavy atom. The first-order valence-electron chi connectivity index (χ1n) is 14.6. The Kier molecular flexibility index (Phi) is 7.28. The first-order chi connectivity index (χ1) is 21.4. The maximum absolute atomic E-state index is 13.3. The van der Waals surface area contributed by atoms with Crippen LogP contribution in [0.4, 0.5) is 16.2 Å². The number of hydrogen-bond donors (Lipinski definition) is 1. The lowest BCUT2D eigenvalue weighted by Gasteiger charge is -2.20. The number of halogens is 1.